The van der Waals surface area contributed by atoms with E-state index in [2.05, 4.69) is 15.6 Å². The molecule has 0 aliphatic rings. The van der Waals surface area contributed by atoms with Crippen molar-refractivity contribution >= 4 is 28.8 Å². The van der Waals surface area contributed by atoms with Crippen molar-refractivity contribution in [1.82, 2.24) is 4.98 Å². The Morgan fingerprint density at radius 1 is 1.06 bits per heavy atom. The number of nitrogens with zero attached hydrogens (tertiary/aromatic N) is 1. The van der Waals surface area contributed by atoms with Crippen LogP contribution >= 0.6 is 12.2 Å². The van der Waals surface area contributed by atoms with Crippen LogP contribution in [-0.2, 0) is 0 Å². The molecule has 0 saturated heterocycles. The molecule has 2 aromatic rings. The molecule has 3 nitrogen and oxygen atoms in total. The molecular weight excluding hydrogens is 230 g/mol. The molecule has 2 rings (SSSR count). The Balaban J connectivity index is 1.96. The molecule has 0 fully saturated rings. The zero-order valence-electron chi connectivity index (χ0n) is 9.47. The maximum atomic E-state index is 5.19. The lowest BCUT2D eigenvalue weighted by molar-refractivity contribution is 1.27. The van der Waals surface area contributed by atoms with E-state index in [1.807, 2.05) is 49.4 Å². The average Bonchev–Trinajstić information content (AvgIpc) is 2.33. The van der Waals surface area contributed by atoms with Gasteiger partial charge in [0.15, 0.2) is 5.11 Å². The summed E-state index contributed by atoms with van der Waals surface area (Å²) in [4.78, 5) is 4.22. The van der Waals surface area contributed by atoms with Crippen molar-refractivity contribution in [3.05, 3.63) is 54.2 Å². The predicted octanol–water partition coefficient (Wildman–Crippen LogP) is 3.20. The number of rotatable bonds is 2. The summed E-state index contributed by atoms with van der Waals surface area (Å²) in [5.41, 5.74) is 2.08. The van der Waals surface area contributed by atoms with E-state index in [0.29, 0.717) is 5.11 Å². The summed E-state index contributed by atoms with van der Waals surface area (Å²) >= 11 is 5.19. The lowest BCUT2D eigenvalue weighted by atomic mass is 10.3. The van der Waals surface area contributed by atoms with E-state index in [1.54, 1.807) is 6.20 Å². The summed E-state index contributed by atoms with van der Waals surface area (Å²) in [5.74, 6) is 0.740. The van der Waals surface area contributed by atoms with Crippen molar-refractivity contribution in [3.8, 4) is 0 Å². The molecule has 0 aliphatic carbocycles. The first kappa shape index (κ1) is 11.5. The topological polar surface area (TPSA) is 37.0 Å². The number of anilines is 2. The Morgan fingerprint density at radius 2 is 1.82 bits per heavy atom. The van der Waals surface area contributed by atoms with Gasteiger partial charge in [-0.25, -0.2) is 4.98 Å². The van der Waals surface area contributed by atoms with Crippen molar-refractivity contribution in [3.63, 3.8) is 0 Å². The summed E-state index contributed by atoms with van der Waals surface area (Å²) in [6.07, 6.45) is 1.80. The molecule has 0 aliphatic heterocycles. The van der Waals surface area contributed by atoms with Gasteiger partial charge >= 0.3 is 0 Å². The number of hydrogen-bond donors (Lipinski definition) is 2. The summed E-state index contributed by atoms with van der Waals surface area (Å²) in [6.45, 7) is 2.00. The highest BCUT2D eigenvalue weighted by Gasteiger charge is 1.98. The van der Waals surface area contributed by atoms with Gasteiger partial charge in [-0.2, -0.15) is 0 Å². The summed E-state index contributed by atoms with van der Waals surface area (Å²) in [6, 6.07) is 13.7. The van der Waals surface area contributed by atoms with E-state index in [4.69, 9.17) is 12.2 Å². The van der Waals surface area contributed by atoms with E-state index >= 15 is 0 Å². The number of nitrogens with one attached hydrogen (secondary N) is 2. The number of thiocarbonyl (C=S) groups is 1. The van der Waals surface area contributed by atoms with Crippen LogP contribution in [0.4, 0.5) is 11.5 Å². The molecule has 17 heavy (non-hydrogen) atoms. The van der Waals surface area contributed by atoms with Gasteiger partial charge in [0, 0.05) is 11.9 Å². The Labute approximate surface area is 106 Å². The molecular formula is C13H13N3S. The van der Waals surface area contributed by atoms with Gasteiger partial charge < -0.3 is 10.6 Å². The number of aryl methyl sites for hydroxylation is 1. The minimum Gasteiger partial charge on any atom is -0.332 e. The molecule has 1 aromatic carbocycles. The number of hydrogen-bond acceptors (Lipinski definition) is 2. The van der Waals surface area contributed by atoms with Crippen LogP contribution in [0.2, 0.25) is 0 Å². The Kier molecular flexibility index (Phi) is 3.67. The van der Waals surface area contributed by atoms with Crippen molar-refractivity contribution in [2.45, 2.75) is 6.92 Å². The lowest BCUT2D eigenvalue weighted by Crippen LogP contribution is -2.19. The quantitative estimate of drug-likeness (QED) is 0.794. The van der Waals surface area contributed by atoms with Crippen LogP contribution < -0.4 is 10.6 Å². The second kappa shape index (κ2) is 5.41. The summed E-state index contributed by atoms with van der Waals surface area (Å²) < 4.78 is 0. The molecule has 0 radical (unpaired) electrons. The number of pyridine rings is 1. The first-order chi connectivity index (χ1) is 8.24. The first-order valence-corrected chi connectivity index (χ1v) is 5.70. The van der Waals surface area contributed by atoms with Crippen molar-refractivity contribution < 1.29 is 0 Å². The van der Waals surface area contributed by atoms with E-state index in [1.165, 1.54) is 0 Å². The van der Waals surface area contributed by atoms with Crippen LogP contribution in [0, 0.1) is 6.92 Å². The average molecular weight is 243 g/mol. The second-order valence-corrected chi connectivity index (χ2v) is 4.07. The second-order valence-electron chi connectivity index (χ2n) is 3.67. The minimum atomic E-state index is 0.535. The maximum Gasteiger partial charge on any atom is 0.176 e. The zero-order chi connectivity index (χ0) is 12.1. The largest absolute Gasteiger partial charge is 0.332 e. The van der Waals surface area contributed by atoms with Gasteiger partial charge in [-0.1, -0.05) is 24.3 Å². The van der Waals surface area contributed by atoms with Gasteiger partial charge in [0.25, 0.3) is 0 Å². The molecule has 0 bridgehead atoms. The molecule has 2 N–H and O–H groups in total. The molecule has 1 heterocycles. The number of aromatic nitrogens is 1. The summed E-state index contributed by atoms with van der Waals surface area (Å²) in [5, 5.41) is 6.65. The van der Waals surface area contributed by atoms with Crippen molar-refractivity contribution in [2.75, 3.05) is 10.6 Å². The van der Waals surface area contributed by atoms with Crippen LogP contribution in [-0.4, -0.2) is 10.1 Å². The third kappa shape index (κ3) is 3.53. The normalized spacial score (nSPS) is 9.71. The van der Waals surface area contributed by atoms with Crippen LogP contribution in [0.15, 0.2) is 48.7 Å². The van der Waals surface area contributed by atoms with Gasteiger partial charge in [0.05, 0.1) is 0 Å². The minimum absolute atomic E-state index is 0.535. The number of benzene rings is 1. The fourth-order valence-electron chi connectivity index (χ4n) is 1.34. The fraction of sp³-hybridized carbons (Fsp3) is 0.0769. The van der Waals surface area contributed by atoms with E-state index in [-0.39, 0.29) is 0 Å². The van der Waals surface area contributed by atoms with Crippen LogP contribution in [0.5, 0.6) is 0 Å². The maximum absolute atomic E-state index is 5.19. The first-order valence-electron chi connectivity index (χ1n) is 5.30. The van der Waals surface area contributed by atoms with E-state index in [9.17, 15) is 0 Å². The van der Waals surface area contributed by atoms with Crippen LogP contribution in [0.3, 0.4) is 0 Å². The molecule has 0 atom stereocenters. The van der Waals surface area contributed by atoms with Gasteiger partial charge in [-0.3, -0.25) is 0 Å². The van der Waals surface area contributed by atoms with Gasteiger partial charge in [0.1, 0.15) is 5.82 Å². The molecule has 0 unspecified atom stereocenters. The molecule has 0 amide bonds. The third-order valence-corrected chi connectivity index (χ3v) is 2.39. The van der Waals surface area contributed by atoms with E-state index < -0.39 is 0 Å². The number of para-hydroxylation sites is 1. The molecule has 1 aromatic heterocycles. The molecule has 86 valence electrons. The molecule has 0 saturated carbocycles. The Morgan fingerprint density at radius 3 is 2.47 bits per heavy atom. The fourth-order valence-corrected chi connectivity index (χ4v) is 1.56. The SMILES string of the molecule is Cc1ccc(NC(=S)Nc2ccccc2)nc1. The smallest absolute Gasteiger partial charge is 0.176 e. The zero-order valence-corrected chi connectivity index (χ0v) is 10.3. The molecule has 0 spiro atoms. The highest BCUT2D eigenvalue weighted by atomic mass is 32.1. The standard InChI is InChI=1S/C13H13N3S/c1-10-7-8-12(14-9-10)16-13(17)15-11-5-3-2-4-6-11/h2-9H,1H3,(H2,14,15,16,17). The third-order valence-electron chi connectivity index (χ3n) is 2.18. The Hall–Kier alpha value is -1.94. The van der Waals surface area contributed by atoms with Gasteiger partial charge in [-0.05, 0) is 42.9 Å². The van der Waals surface area contributed by atoms with Gasteiger partial charge in [-0.15, -0.1) is 0 Å². The van der Waals surface area contributed by atoms with Gasteiger partial charge in [0.2, 0.25) is 0 Å². The molecule has 4 heteroatoms. The lowest BCUT2D eigenvalue weighted by Gasteiger charge is -2.09. The van der Waals surface area contributed by atoms with Crippen LogP contribution in [0.1, 0.15) is 5.56 Å². The highest BCUT2D eigenvalue weighted by Crippen LogP contribution is 2.07. The van der Waals surface area contributed by atoms with Crippen molar-refractivity contribution in [1.29, 1.82) is 0 Å². The predicted molar refractivity (Wildman–Crippen MR) is 75.3 cm³/mol. The van der Waals surface area contributed by atoms with E-state index in [0.717, 1.165) is 17.1 Å². The van der Waals surface area contributed by atoms with Crippen LogP contribution in [0.25, 0.3) is 0 Å². The summed E-state index contributed by atoms with van der Waals surface area (Å²) in [7, 11) is 0. The van der Waals surface area contributed by atoms with Crippen molar-refractivity contribution in [2.24, 2.45) is 0 Å². The monoisotopic (exact) mass is 243 g/mol. The highest BCUT2D eigenvalue weighted by molar-refractivity contribution is 7.80. The Bertz CT molecular complexity index is 494.